The van der Waals surface area contributed by atoms with Crippen molar-refractivity contribution >= 4 is 33.0 Å². The molecular weight excluding hydrogens is 424 g/mol. The van der Waals surface area contributed by atoms with Crippen LogP contribution in [0.2, 0.25) is 0 Å². The third-order valence-corrected chi connectivity index (χ3v) is 6.22. The Morgan fingerprint density at radius 2 is 1.97 bits per heavy atom. The SMILES string of the molecule is CCOc1ccc(-c2nc(C)c(C(=O)Nc3ccc(S(N)(=O)=O)cc3)s2)cc1C#N. The van der Waals surface area contributed by atoms with Crippen molar-refractivity contribution < 1.29 is 17.9 Å². The van der Waals surface area contributed by atoms with Crippen LogP contribution >= 0.6 is 11.3 Å². The minimum absolute atomic E-state index is 0.0412. The van der Waals surface area contributed by atoms with Crippen molar-refractivity contribution in [2.75, 3.05) is 11.9 Å². The van der Waals surface area contributed by atoms with E-state index in [-0.39, 0.29) is 10.8 Å². The summed E-state index contributed by atoms with van der Waals surface area (Å²) in [5, 5.41) is 17.7. The molecule has 154 valence electrons. The Hall–Kier alpha value is -3.26. The predicted octanol–water partition coefficient (Wildman–Crippen LogP) is 3.29. The topological polar surface area (TPSA) is 135 Å². The van der Waals surface area contributed by atoms with Crippen LogP contribution in [0.25, 0.3) is 10.6 Å². The van der Waals surface area contributed by atoms with Gasteiger partial charge in [-0.2, -0.15) is 5.26 Å². The highest BCUT2D eigenvalue weighted by Gasteiger charge is 2.18. The minimum Gasteiger partial charge on any atom is -0.492 e. The monoisotopic (exact) mass is 442 g/mol. The van der Waals surface area contributed by atoms with Gasteiger partial charge in [-0.3, -0.25) is 4.79 Å². The molecule has 0 aliphatic heterocycles. The number of amides is 1. The van der Waals surface area contributed by atoms with E-state index in [9.17, 15) is 18.5 Å². The van der Waals surface area contributed by atoms with E-state index in [1.54, 1.807) is 25.1 Å². The number of carbonyl (C=O) groups excluding carboxylic acids is 1. The minimum atomic E-state index is -3.80. The number of nitrogens with zero attached hydrogens (tertiary/aromatic N) is 2. The Labute approximate surface area is 178 Å². The van der Waals surface area contributed by atoms with Crippen molar-refractivity contribution in [2.45, 2.75) is 18.7 Å². The number of nitrogens with two attached hydrogens (primary N) is 1. The van der Waals surface area contributed by atoms with Crippen LogP contribution < -0.4 is 15.2 Å². The van der Waals surface area contributed by atoms with Crippen LogP contribution in [-0.4, -0.2) is 25.9 Å². The first-order valence-corrected chi connectivity index (χ1v) is 11.2. The highest BCUT2D eigenvalue weighted by molar-refractivity contribution is 7.89. The third-order valence-electron chi connectivity index (χ3n) is 4.09. The lowest BCUT2D eigenvalue weighted by atomic mass is 10.1. The van der Waals surface area contributed by atoms with Crippen molar-refractivity contribution in [1.82, 2.24) is 4.98 Å². The van der Waals surface area contributed by atoms with E-state index in [4.69, 9.17) is 9.88 Å². The molecule has 0 aliphatic carbocycles. The average molecular weight is 443 g/mol. The number of rotatable bonds is 6. The van der Waals surface area contributed by atoms with Crippen LogP contribution in [-0.2, 0) is 10.0 Å². The molecule has 30 heavy (non-hydrogen) atoms. The highest BCUT2D eigenvalue weighted by Crippen LogP contribution is 2.31. The summed E-state index contributed by atoms with van der Waals surface area (Å²) in [7, 11) is -3.80. The van der Waals surface area contributed by atoms with E-state index in [2.05, 4.69) is 16.4 Å². The fourth-order valence-electron chi connectivity index (χ4n) is 2.68. The van der Waals surface area contributed by atoms with Gasteiger partial charge in [0, 0.05) is 11.3 Å². The maximum Gasteiger partial charge on any atom is 0.267 e. The molecule has 10 heteroatoms. The number of hydrogen-bond donors (Lipinski definition) is 2. The van der Waals surface area contributed by atoms with Gasteiger partial charge in [-0.05, 0) is 56.3 Å². The molecule has 1 aromatic heterocycles. The van der Waals surface area contributed by atoms with Crippen molar-refractivity contribution in [2.24, 2.45) is 5.14 Å². The first kappa shape index (κ1) is 21.4. The van der Waals surface area contributed by atoms with Gasteiger partial charge in [-0.1, -0.05) is 0 Å². The number of anilines is 1. The van der Waals surface area contributed by atoms with Crippen molar-refractivity contribution in [1.29, 1.82) is 5.26 Å². The van der Waals surface area contributed by atoms with Gasteiger partial charge in [-0.15, -0.1) is 11.3 Å². The summed E-state index contributed by atoms with van der Waals surface area (Å²) in [6.45, 7) is 4.01. The first-order valence-electron chi connectivity index (χ1n) is 8.82. The number of sulfonamides is 1. The molecule has 0 atom stereocenters. The van der Waals surface area contributed by atoms with Crippen molar-refractivity contribution in [3.63, 3.8) is 0 Å². The maximum absolute atomic E-state index is 12.7. The third kappa shape index (κ3) is 4.65. The van der Waals surface area contributed by atoms with E-state index >= 15 is 0 Å². The molecule has 1 amide bonds. The molecule has 0 unspecified atom stereocenters. The van der Waals surface area contributed by atoms with E-state index in [0.29, 0.717) is 44.7 Å². The van der Waals surface area contributed by atoms with E-state index in [0.717, 1.165) is 0 Å². The molecule has 0 saturated heterocycles. The number of thiazole rings is 1. The van der Waals surface area contributed by atoms with E-state index in [1.165, 1.54) is 35.6 Å². The lowest BCUT2D eigenvalue weighted by Crippen LogP contribution is -2.13. The second-order valence-corrected chi connectivity index (χ2v) is 8.77. The molecule has 8 nitrogen and oxygen atoms in total. The highest BCUT2D eigenvalue weighted by atomic mass is 32.2. The molecule has 0 spiro atoms. The first-order chi connectivity index (χ1) is 14.2. The Kier molecular flexibility index (Phi) is 6.17. The lowest BCUT2D eigenvalue weighted by Gasteiger charge is -2.06. The number of nitrogens with one attached hydrogen (secondary N) is 1. The van der Waals surface area contributed by atoms with Crippen LogP contribution in [0.5, 0.6) is 5.75 Å². The fourth-order valence-corrected chi connectivity index (χ4v) is 4.15. The molecular formula is C20H18N4O4S2. The summed E-state index contributed by atoms with van der Waals surface area (Å²) in [6, 6.07) is 12.8. The van der Waals surface area contributed by atoms with Gasteiger partial charge in [0.05, 0.1) is 22.8 Å². The number of aromatic nitrogens is 1. The van der Waals surface area contributed by atoms with Crippen LogP contribution in [0.4, 0.5) is 5.69 Å². The van der Waals surface area contributed by atoms with Crippen LogP contribution in [0.3, 0.4) is 0 Å². The number of carbonyl (C=O) groups is 1. The number of aryl methyl sites for hydroxylation is 1. The van der Waals surface area contributed by atoms with E-state index in [1.807, 2.05) is 6.92 Å². The number of primary sulfonamides is 1. The number of nitriles is 1. The van der Waals surface area contributed by atoms with Gasteiger partial charge in [-0.25, -0.2) is 18.5 Å². The zero-order valence-corrected chi connectivity index (χ0v) is 17.8. The Morgan fingerprint density at radius 1 is 1.27 bits per heavy atom. The molecule has 3 aromatic rings. The van der Waals surface area contributed by atoms with Gasteiger partial charge < -0.3 is 10.1 Å². The summed E-state index contributed by atoms with van der Waals surface area (Å²) in [5.74, 6) is 0.129. The van der Waals surface area contributed by atoms with Crippen molar-refractivity contribution in [3.05, 3.63) is 58.6 Å². The van der Waals surface area contributed by atoms with Crippen molar-refractivity contribution in [3.8, 4) is 22.4 Å². The number of benzene rings is 2. The number of hydrogen-bond acceptors (Lipinski definition) is 7. The van der Waals surface area contributed by atoms with Crippen LogP contribution in [0, 0.1) is 18.3 Å². The zero-order valence-electron chi connectivity index (χ0n) is 16.2. The standard InChI is InChI=1S/C20H18N4O4S2/c1-3-28-17-9-4-13(10-14(17)11-21)20-23-12(2)18(29-20)19(25)24-15-5-7-16(8-6-15)30(22,26)27/h4-10H,3H2,1-2H3,(H,24,25)(H2,22,26,27). The maximum atomic E-state index is 12.7. The Balaban J connectivity index is 1.84. The van der Waals surface area contributed by atoms with Gasteiger partial charge >= 0.3 is 0 Å². The Bertz CT molecular complexity index is 1240. The van der Waals surface area contributed by atoms with Crippen LogP contribution in [0.15, 0.2) is 47.4 Å². The summed E-state index contributed by atoms with van der Waals surface area (Å²) in [4.78, 5) is 17.5. The van der Waals surface area contributed by atoms with Crippen LogP contribution in [0.1, 0.15) is 27.9 Å². The average Bonchev–Trinajstić information content (AvgIpc) is 3.10. The fraction of sp³-hybridized carbons (Fsp3) is 0.150. The smallest absolute Gasteiger partial charge is 0.267 e. The summed E-state index contributed by atoms with van der Waals surface area (Å²) in [6.07, 6.45) is 0. The van der Waals surface area contributed by atoms with Gasteiger partial charge in [0.15, 0.2) is 0 Å². The molecule has 2 aromatic carbocycles. The van der Waals surface area contributed by atoms with Gasteiger partial charge in [0.1, 0.15) is 21.7 Å². The molecule has 0 bridgehead atoms. The molecule has 0 radical (unpaired) electrons. The normalized spacial score (nSPS) is 11.0. The molecule has 3 rings (SSSR count). The predicted molar refractivity (Wildman–Crippen MR) is 114 cm³/mol. The quantitative estimate of drug-likeness (QED) is 0.601. The molecule has 1 heterocycles. The van der Waals surface area contributed by atoms with E-state index < -0.39 is 10.0 Å². The molecule has 0 fully saturated rings. The molecule has 3 N–H and O–H groups in total. The lowest BCUT2D eigenvalue weighted by molar-refractivity contribution is 0.103. The summed E-state index contributed by atoms with van der Waals surface area (Å²) < 4.78 is 28.1. The number of ether oxygens (including phenoxy) is 1. The second kappa shape index (κ2) is 8.62. The molecule has 0 aliphatic rings. The summed E-state index contributed by atoms with van der Waals surface area (Å²) in [5.41, 5.74) is 2.07. The van der Waals surface area contributed by atoms with Gasteiger partial charge in [0.2, 0.25) is 10.0 Å². The summed E-state index contributed by atoms with van der Waals surface area (Å²) >= 11 is 1.20. The molecule has 0 saturated carbocycles. The zero-order chi connectivity index (χ0) is 21.9. The second-order valence-electron chi connectivity index (χ2n) is 6.21. The Morgan fingerprint density at radius 3 is 2.57 bits per heavy atom. The largest absolute Gasteiger partial charge is 0.492 e. The van der Waals surface area contributed by atoms with Gasteiger partial charge in [0.25, 0.3) is 5.91 Å².